The molecule has 5 nitrogen and oxygen atoms in total. The van der Waals surface area contributed by atoms with E-state index in [-0.39, 0.29) is 23.3 Å². The van der Waals surface area contributed by atoms with Crippen LogP contribution in [0.5, 0.6) is 0 Å². The maximum atomic E-state index is 12.8. The molecule has 3 aliphatic rings. The zero-order valence-electron chi connectivity index (χ0n) is 18.0. The minimum atomic E-state index is -0.883. The number of carbonyl (C=O) groups is 2. The smallest absolute Gasteiger partial charge is 0.343 e. The van der Waals surface area contributed by atoms with Gasteiger partial charge in [0, 0.05) is 22.2 Å². The number of rotatable bonds is 4. The Labute approximate surface area is 192 Å². The lowest BCUT2D eigenvalue weighted by Crippen LogP contribution is -2.34. The van der Waals surface area contributed by atoms with E-state index in [1.165, 1.54) is 0 Å². The van der Waals surface area contributed by atoms with E-state index in [9.17, 15) is 14.7 Å². The van der Waals surface area contributed by atoms with E-state index in [2.05, 4.69) is 5.32 Å². The summed E-state index contributed by atoms with van der Waals surface area (Å²) in [4.78, 5) is 25.2. The number of carbonyl (C=O) groups excluding carboxylic acids is 2. The summed E-state index contributed by atoms with van der Waals surface area (Å²) in [6.45, 7) is 1.89. The fraction of sp³-hybridized carbons (Fsp3) is 0.385. The van der Waals surface area contributed by atoms with Crippen molar-refractivity contribution in [2.75, 3.05) is 0 Å². The van der Waals surface area contributed by atoms with E-state index in [1.807, 2.05) is 31.2 Å². The number of halogens is 1. The standard InChI is InChI=1S/C26H26ClNO4/c1-15-12-20(16-6-5-7-17(13-16)24(30)28-18-8-9-18)21(27)14-19(15)22-23(29)26(32-25(22)31)10-3-2-4-11-26/h5-7,12-14,18,29H,2-4,8-11H2,1H3,(H,28,30). The molecule has 6 heteroatoms. The molecular formula is C26H26ClNO4. The maximum Gasteiger partial charge on any atom is 0.343 e. The molecule has 1 amide bonds. The Hall–Kier alpha value is -2.79. The molecular weight excluding hydrogens is 426 g/mol. The van der Waals surface area contributed by atoms with Gasteiger partial charge >= 0.3 is 5.97 Å². The summed E-state index contributed by atoms with van der Waals surface area (Å²) in [5.41, 5.74) is 2.92. The van der Waals surface area contributed by atoms with E-state index in [4.69, 9.17) is 16.3 Å². The highest BCUT2D eigenvalue weighted by Gasteiger charge is 2.49. The molecule has 32 heavy (non-hydrogen) atoms. The van der Waals surface area contributed by atoms with E-state index in [0.29, 0.717) is 29.0 Å². The monoisotopic (exact) mass is 451 g/mol. The van der Waals surface area contributed by atoms with Crippen LogP contribution >= 0.6 is 11.6 Å². The minimum absolute atomic E-state index is 0.0351. The Bertz CT molecular complexity index is 1140. The average Bonchev–Trinajstić information content (AvgIpc) is 3.56. The first kappa shape index (κ1) is 21.1. The Balaban J connectivity index is 1.50. The van der Waals surface area contributed by atoms with Crippen molar-refractivity contribution in [2.45, 2.75) is 63.5 Å². The lowest BCUT2D eigenvalue weighted by Gasteiger charge is -2.31. The molecule has 1 aliphatic heterocycles. The first-order chi connectivity index (χ1) is 15.4. The van der Waals surface area contributed by atoms with Gasteiger partial charge in [0.05, 0.1) is 0 Å². The summed E-state index contributed by atoms with van der Waals surface area (Å²) in [6, 6.07) is 11.3. The van der Waals surface area contributed by atoms with Gasteiger partial charge in [0.15, 0.2) is 11.4 Å². The third-order valence-electron chi connectivity index (χ3n) is 6.75. The fourth-order valence-corrected chi connectivity index (χ4v) is 5.07. The summed E-state index contributed by atoms with van der Waals surface area (Å²) in [5, 5.41) is 14.5. The molecule has 0 atom stereocenters. The van der Waals surface area contributed by atoms with Crippen molar-refractivity contribution < 1.29 is 19.4 Å². The normalized spacial score (nSPS) is 19.9. The van der Waals surface area contributed by atoms with Gasteiger partial charge in [-0.25, -0.2) is 4.79 Å². The second-order valence-corrected chi connectivity index (χ2v) is 9.55. The first-order valence-electron chi connectivity index (χ1n) is 11.3. The SMILES string of the molecule is Cc1cc(-c2cccc(C(=O)NC3CC3)c2)c(Cl)cc1C1=C(O)C2(CCCCC2)OC1=O. The topological polar surface area (TPSA) is 75.6 Å². The van der Waals surface area contributed by atoms with Crippen LogP contribution < -0.4 is 5.32 Å². The largest absolute Gasteiger partial charge is 0.507 e. The number of ether oxygens (including phenoxy) is 1. The van der Waals surface area contributed by atoms with Gasteiger partial charge in [-0.3, -0.25) is 4.79 Å². The van der Waals surface area contributed by atoms with Crippen LogP contribution in [0.4, 0.5) is 0 Å². The summed E-state index contributed by atoms with van der Waals surface area (Å²) in [7, 11) is 0. The van der Waals surface area contributed by atoms with Gasteiger partial charge in [-0.2, -0.15) is 0 Å². The summed E-state index contributed by atoms with van der Waals surface area (Å²) >= 11 is 6.66. The third kappa shape index (κ3) is 3.69. The zero-order valence-corrected chi connectivity index (χ0v) is 18.8. The quantitative estimate of drug-likeness (QED) is 0.581. The van der Waals surface area contributed by atoms with E-state index in [1.54, 1.807) is 12.1 Å². The average molecular weight is 452 g/mol. The van der Waals surface area contributed by atoms with Crippen LogP contribution in [0.25, 0.3) is 16.7 Å². The Morgan fingerprint density at radius 2 is 1.88 bits per heavy atom. The van der Waals surface area contributed by atoms with Crippen molar-refractivity contribution >= 4 is 29.1 Å². The van der Waals surface area contributed by atoms with Gasteiger partial charge in [-0.05, 0) is 86.4 Å². The van der Waals surface area contributed by atoms with E-state index >= 15 is 0 Å². The van der Waals surface area contributed by atoms with Gasteiger partial charge < -0.3 is 15.2 Å². The van der Waals surface area contributed by atoms with Crippen LogP contribution in [0.15, 0.2) is 42.2 Å². The number of hydrogen-bond acceptors (Lipinski definition) is 4. The van der Waals surface area contributed by atoms with Crippen molar-refractivity contribution in [2.24, 2.45) is 0 Å². The van der Waals surface area contributed by atoms with Crippen molar-refractivity contribution in [1.82, 2.24) is 5.32 Å². The maximum absolute atomic E-state index is 12.8. The number of benzene rings is 2. The summed E-state index contributed by atoms with van der Waals surface area (Å²) in [6.07, 6.45) is 6.29. The van der Waals surface area contributed by atoms with Gasteiger partial charge in [0.1, 0.15) is 5.57 Å². The molecule has 2 aromatic rings. The minimum Gasteiger partial charge on any atom is -0.507 e. The zero-order chi connectivity index (χ0) is 22.5. The van der Waals surface area contributed by atoms with Crippen LogP contribution in [-0.2, 0) is 9.53 Å². The number of amides is 1. The van der Waals surface area contributed by atoms with Crippen LogP contribution in [0.3, 0.4) is 0 Å². The predicted molar refractivity (Wildman–Crippen MR) is 124 cm³/mol. The van der Waals surface area contributed by atoms with Crippen molar-refractivity contribution in [3.05, 3.63) is 63.9 Å². The van der Waals surface area contributed by atoms with Crippen molar-refractivity contribution in [3.63, 3.8) is 0 Å². The molecule has 0 unspecified atom stereocenters. The van der Waals surface area contributed by atoms with Crippen LogP contribution in [0.2, 0.25) is 5.02 Å². The highest BCUT2D eigenvalue weighted by Crippen LogP contribution is 2.46. The lowest BCUT2D eigenvalue weighted by atomic mass is 9.82. The van der Waals surface area contributed by atoms with Gasteiger partial charge in [-0.1, -0.05) is 30.2 Å². The van der Waals surface area contributed by atoms with E-state index < -0.39 is 11.6 Å². The first-order valence-corrected chi connectivity index (χ1v) is 11.6. The predicted octanol–water partition coefficient (Wildman–Crippen LogP) is 5.74. The molecule has 1 heterocycles. The number of aliphatic hydroxyl groups excluding tert-OH is 1. The second kappa shape index (κ2) is 7.96. The molecule has 1 spiro atoms. The fourth-order valence-electron chi connectivity index (χ4n) is 4.80. The van der Waals surface area contributed by atoms with Crippen LogP contribution in [0.1, 0.15) is 66.4 Å². The number of hydrogen-bond donors (Lipinski definition) is 2. The number of aryl methyl sites for hydroxylation is 1. The molecule has 2 saturated carbocycles. The van der Waals surface area contributed by atoms with Crippen LogP contribution in [-0.4, -0.2) is 28.6 Å². The molecule has 2 fully saturated rings. The molecule has 2 N–H and O–H groups in total. The number of aliphatic hydroxyl groups is 1. The van der Waals surface area contributed by atoms with E-state index in [0.717, 1.165) is 48.8 Å². The van der Waals surface area contributed by atoms with Crippen molar-refractivity contribution in [3.8, 4) is 11.1 Å². The third-order valence-corrected chi connectivity index (χ3v) is 7.07. The van der Waals surface area contributed by atoms with Gasteiger partial charge in [0.2, 0.25) is 0 Å². The molecule has 5 rings (SSSR count). The van der Waals surface area contributed by atoms with Crippen LogP contribution in [0, 0.1) is 6.92 Å². The Kier molecular flexibility index (Phi) is 5.25. The van der Waals surface area contributed by atoms with Crippen molar-refractivity contribution in [1.29, 1.82) is 0 Å². The molecule has 0 saturated heterocycles. The highest BCUT2D eigenvalue weighted by atomic mass is 35.5. The van der Waals surface area contributed by atoms with Gasteiger partial charge in [0.25, 0.3) is 5.91 Å². The summed E-state index contributed by atoms with van der Waals surface area (Å²) in [5.74, 6) is -0.539. The molecule has 0 aromatic heterocycles. The second-order valence-electron chi connectivity index (χ2n) is 9.14. The molecule has 0 bridgehead atoms. The molecule has 0 radical (unpaired) electrons. The summed E-state index contributed by atoms with van der Waals surface area (Å²) < 4.78 is 5.71. The van der Waals surface area contributed by atoms with Gasteiger partial charge in [-0.15, -0.1) is 0 Å². The number of esters is 1. The molecule has 166 valence electrons. The Morgan fingerprint density at radius 1 is 1.12 bits per heavy atom. The molecule has 2 aromatic carbocycles. The molecule has 2 aliphatic carbocycles. The number of nitrogens with one attached hydrogen (secondary N) is 1. The lowest BCUT2D eigenvalue weighted by molar-refractivity contribution is -0.149. The highest BCUT2D eigenvalue weighted by molar-refractivity contribution is 6.34. The Morgan fingerprint density at radius 3 is 2.59 bits per heavy atom.